The minimum atomic E-state index is -1.27. The van der Waals surface area contributed by atoms with E-state index in [2.05, 4.69) is 31.9 Å². The van der Waals surface area contributed by atoms with Gasteiger partial charge in [-0.2, -0.15) is 0 Å². The first-order valence-corrected chi connectivity index (χ1v) is 9.35. The van der Waals surface area contributed by atoms with Gasteiger partial charge in [0.1, 0.15) is 25.7 Å². The van der Waals surface area contributed by atoms with E-state index in [-0.39, 0.29) is 26.7 Å². The molecule has 0 aliphatic rings. The van der Waals surface area contributed by atoms with Crippen molar-refractivity contribution >= 4 is 47.4 Å². The van der Waals surface area contributed by atoms with Crippen LogP contribution in [0.15, 0.2) is 0 Å². The molecular formula is C16H28N8O10. The highest BCUT2D eigenvalue weighted by molar-refractivity contribution is 5.98. The second kappa shape index (κ2) is 19.4. The van der Waals surface area contributed by atoms with Crippen LogP contribution in [-0.2, 0) is 38.4 Å². The van der Waals surface area contributed by atoms with E-state index in [1.54, 1.807) is 0 Å². The van der Waals surface area contributed by atoms with Crippen molar-refractivity contribution < 1.29 is 48.6 Å². The number of rotatable bonds is 14. The summed E-state index contributed by atoms with van der Waals surface area (Å²) in [5.74, 6) is -6.29. The van der Waals surface area contributed by atoms with E-state index >= 15 is 0 Å². The Balaban J connectivity index is 0. The number of hydrogen-bond donors (Lipinski definition) is 10. The highest BCUT2D eigenvalue weighted by Gasteiger charge is 2.11. The summed E-state index contributed by atoms with van der Waals surface area (Å²) in [6.07, 6.45) is -2.18. The molecule has 0 aromatic carbocycles. The van der Waals surface area contributed by atoms with Crippen LogP contribution in [0, 0.1) is 0 Å². The van der Waals surface area contributed by atoms with E-state index in [9.17, 15) is 38.4 Å². The Hall–Kier alpha value is -4.32. The van der Waals surface area contributed by atoms with Gasteiger partial charge in [0, 0.05) is 0 Å². The van der Waals surface area contributed by atoms with Gasteiger partial charge in [-0.05, 0) is 0 Å². The number of carbonyl (C=O) groups is 8. The summed E-state index contributed by atoms with van der Waals surface area (Å²) >= 11 is 0. The molecule has 0 atom stereocenters. The zero-order valence-electron chi connectivity index (χ0n) is 18.0. The van der Waals surface area contributed by atoms with Crippen molar-refractivity contribution in [3.8, 4) is 0 Å². The molecule has 0 aliphatic carbocycles. The molecule has 18 heteroatoms. The first-order valence-electron chi connectivity index (χ1n) is 9.35. The molecule has 192 valence electrons. The van der Waals surface area contributed by atoms with Gasteiger partial charge < -0.3 is 53.6 Å². The molecule has 12 N–H and O–H groups in total. The van der Waals surface area contributed by atoms with Crippen LogP contribution in [-0.4, -0.2) is 84.3 Å². The van der Waals surface area contributed by atoms with E-state index in [1.165, 1.54) is 0 Å². The molecule has 0 spiro atoms. The Kier molecular flexibility index (Phi) is 18.2. The van der Waals surface area contributed by atoms with Gasteiger partial charge in [0.15, 0.2) is 0 Å². The van der Waals surface area contributed by atoms with E-state index in [0.717, 1.165) is 0 Å². The van der Waals surface area contributed by atoms with Gasteiger partial charge in [0.2, 0.25) is 35.4 Å². The molecule has 34 heavy (non-hydrogen) atoms. The normalized spacial score (nSPS) is 9.24. The van der Waals surface area contributed by atoms with E-state index in [4.69, 9.17) is 21.7 Å². The predicted molar refractivity (Wildman–Crippen MR) is 110 cm³/mol. The lowest BCUT2D eigenvalue weighted by Crippen LogP contribution is -2.40. The van der Waals surface area contributed by atoms with Crippen molar-refractivity contribution in [3.05, 3.63) is 0 Å². The molecule has 0 aliphatic heterocycles. The molecule has 0 rings (SSSR count). The second-order valence-corrected chi connectivity index (χ2v) is 5.86. The summed E-state index contributed by atoms with van der Waals surface area (Å²) in [5.41, 5.74) is 10.0. The summed E-state index contributed by atoms with van der Waals surface area (Å²) in [7, 11) is 0. The van der Waals surface area contributed by atoms with Crippen LogP contribution in [0.1, 0.15) is 25.7 Å². The van der Waals surface area contributed by atoms with Gasteiger partial charge in [0.05, 0.1) is 26.7 Å². The number of nitrogens with two attached hydrogens (primary N) is 2. The summed E-state index contributed by atoms with van der Waals surface area (Å²) in [5, 5.41) is 29.6. The number of amides is 6. The van der Waals surface area contributed by atoms with Crippen LogP contribution in [0.2, 0.25) is 0 Å². The van der Waals surface area contributed by atoms with Crippen LogP contribution in [0.4, 0.5) is 0 Å². The third-order valence-corrected chi connectivity index (χ3v) is 3.01. The van der Waals surface area contributed by atoms with Gasteiger partial charge in [-0.15, -0.1) is 0 Å². The smallest absolute Gasteiger partial charge is 0.312 e. The highest BCUT2D eigenvalue weighted by Crippen LogP contribution is 1.81. The summed E-state index contributed by atoms with van der Waals surface area (Å²) < 4.78 is 0. The Morgan fingerprint density at radius 2 is 0.676 bits per heavy atom. The van der Waals surface area contributed by atoms with E-state index in [1.807, 2.05) is 0 Å². The third kappa shape index (κ3) is 22.4. The fourth-order valence-corrected chi connectivity index (χ4v) is 1.65. The number of carboxylic acid groups (broad SMARTS) is 2. The van der Waals surface area contributed by atoms with Crippen molar-refractivity contribution in [3.63, 3.8) is 0 Å². The third-order valence-electron chi connectivity index (χ3n) is 3.01. The number of nitrogens with one attached hydrogen (secondary N) is 6. The quantitative estimate of drug-likeness (QED) is 0.0800. The van der Waals surface area contributed by atoms with Gasteiger partial charge in [-0.1, -0.05) is 0 Å². The van der Waals surface area contributed by atoms with Crippen LogP contribution >= 0.6 is 0 Å². The molecule has 0 saturated carbocycles. The summed E-state index contributed by atoms with van der Waals surface area (Å²) in [6.45, 7) is -0.607. The average molecular weight is 492 g/mol. The van der Waals surface area contributed by atoms with E-state index < -0.39 is 73.1 Å². The van der Waals surface area contributed by atoms with Crippen molar-refractivity contribution in [1.29, 1.82) is 0 Å². The standard InChI is InChI=1S/2C8H14N4O5/c2*9-3-10-5(13)1-6(14)11-4-12-7(15)2-8(16)17/h2*1-4,9H2,(H,10,13)(H,11,14)(H,12,15)(H,16,17). The monoisotopic (exact) mass is 492 g/mol. The molecule has 0 heterocycles. The molecule has 6 amide bonds. The van der Waals surface area contributed by atoms with Crippen molar-refractivity contribution in [1.82, 2.24) is 31.9 Å². The molecule has 0 aromatic heterocycles. The molecular weight excluding hydrogens is 464 g/mol. The Labute approximate surface area is 192 Å². The van der Waals surface area contributed by atoms with Crippen LogP contribution in [0.5, 0.6) is 0 Å². The lowest BCUT2D eigenvalue weighted by molar-refractivity contribution is -0.142. The maximum Gasteiger partial charge on any atom is 0.312 e. The van der Waals surface area contributed by atoms with Crippen molar-refractivity contribution in [2.75, 3.05) is 26.7 Å². The predicted octanol–water partition coefficient (Wildman–Crippen LogP) is -5.85. The van der Waals surface area contributed by atoms with Gasteiger partial charge in [-0.25, -0.2) is 0 Å². The fraction of sp³-hybridized carbons (Fsp3) is 0.500. The lowest BCUT2D eigenvalue weighted by atomic mass is 10.4. The maximum atomic E-state index is 11.1. The minimum Gasteiger partial charge on any atom is -0.481 e. The molecule has 0 aromatic rings. The first-order chi connectivity index (χ1) is 15.9. The van der Waals surface area contributed by atoms with E-state index in [0.29, 0.717) is 0 Å². The second-order valence-electron chi connectivity index (χ2n) is 5.86. The SMILES string of the molecule is NCNC(=O)CC(=O)NCNC(=O)CC(=O)O.NCNC(=O)CC(=O)NCNC(=O)CC(=O)O. The number of carbonyl (C=O) groups excluding carboxylic acids is 6. The Bertz CT molecular complexity index is 696. The molecule has 0 saturated heterocycles. The Morgan fingerprint density at radius 1 is 0.441 bits per heavy atom. The number of hydrogen-bond acceptors (Lipinski definition) is 10. The molecule has 18 nitrogen and oxygen atoms in total. The Morgan fingerprint density at radius 3 is 0.912 bits per heavy atom. The topological polar surface area (TPSA) is 301 Å². The molecule has 0 radical (unpaired) electrons. The number of aliphatic carboxylic acids is 2. The molecule has 0 unspecified atom stereocenters. The van der Waals surface area contributed by atoms with Crippen LogP contribution in [0.25, 0.3) is 0 Å². The van der Waals surface area contributed by atoms with Crippen LogP contribution in [0.3, 0.4) is 0 Å². The zero-order valence-corrected chi connectivity index (χ0v) is 18.0. The highest BCUT2D eigenvalue weighted by atomic mass is 16.4. The first kappa shape index (κ1) is 31.9. The lowest BCUT2D eigenvalue weighted by Gasteiger charge is -2.06. The fourth-order valence-electron chi connectivity index (χ4n) is 1.65. The number of carboxylic acids is 2. The maximum absolute atomic E-state index is 11.1. The summed E-state index contributed by atoms with van der Waals surface area (Å²) in [4.78, 5) is 85.7. The largest absolute Gasteiger partial charge is 0.481 e. The van der Waals surface area contributed by atoms with Gasteiger partial charge in [0.25, 0.3) is 0 Å². The van der Waals surface area contributed by atoms with Crippen molar-refractivity contribution in [2.24, 2.45) is 11.5 Å². The molecule has 0 fully saturated rings. The zero-order chi connectivity index (χ0) is 26.5. The van der Waals surface area contributed by atoms with Gasteiger partial charge >= 0.3 is 11.9 Å². The van der Waals surface area contributed by atoms with Crippen LogP contribution < -0.4 is 43.4 Å². The minimum absolute atomic E-state index is 0.0680. The average Bonchev–Trinajstić information content (AvgIpc) is 2.67. The van der Waals surface area contributed by atoms with Crippen molar-refractivity contribution in [2.45, 2.75) is 25.7 Å². The van der Waals surface area contributed by atoms with Gasteiger partial charge in [-0.3, -0.25) is 38.4 Å². The molecule has 0 bridgehead atoms. The summed E-state index contributed by atoms with van der Waals surface area (Å²) in [6, 6.07) is 0.